The molecule has 18 nitrogen and oxygen atoms in total. The van der Waals surface area contributed by atoms with Gasteiger partial charge in [-0.2, -0.15) is 0 Å². The fourth-order valence-electron chi connectivity index (χ4n) is 11.2. The second kappa shape index (κ2) is 25.1. The Bertz CT molecular complexity index is 3260. The number of carbonyl (C=O) groups excluding carboxylic acids is 6. The third-order valence-electron chi connectivity index (χ3n) is 17.9. The Balaban J connectivity index is 0.944. The summed E-state index contributed by atoms with van der Waals surface area (Å²) in [6, 6.07) is 20.2. The Hall–Kier alpha value is -7.64. The van der Waals surface area contributed by atoms with Crippen LogP contribution in [-0.2, 0) is 36.5 Å². The lowest BCUT2D eigenvalue weighted by Gasteiger charge is -2.44. The van der Waals surface area contributed by atoms with Crippen molar-refractivity contribution in [1.82, 2.24) is 15.1 Å². The van der Waals surface area contributed by atoms with Crippen LogP contribution in [0.25, 0.3) is 5.57 Å². The van der Waals surface area contributed by atoms with Gasteiger partial charge in [0.25, 0.3) is 11.8 Å². The highest BCUT2D eigenvalue weighted by molar-refractivity contribution is 6.74. The lowest BCUT2D eigenvalue weighted by Crippen LogP contribution is -2.58. The molecular formula is C66H83N5O13Si. The molecule has 5 aliphatic rings. The molecule has 4 aromatic rings. The number of nitrogens with zero attached hydrogens (tertiary/aromatic N) is 4. The lowest BCUT2D eigenvalue weighted by atomic mass is 9.96. The number of anilines is 2. The molecule has 2 fully saturated rings. The first-order valence-corrected chi connectivity index (χ1v) is 32.5. The molecule has 5 amide bonds. The SMILES string of the molecule is C=CCOC(=O)N1C[C@@H]2CC(c3cccc(OC)c3)=CN2C(=O)c2cc(OC)c(OCCCOc3cc4c(cc3C)C(=O)N3CC5(CC5)C[C@H]3C(O[Si](C)(C)C(C)(C)C)N4C(=O)OCc3ccc(CC(=O)[C@H](C)NC(=O)[C@@H](C)C(C)C)cc3)cc21. The van der Waals surface area contributed by atoms with E-state index >= 15 is 4.79 Å². The largest absolute Gasteiger partial charge is 0.497 e. The summed E-state index contributed by atoms with van der Waals surface area (Å²) in [4.78, 5) is 90.9. The van der Waals surface area contributed by atoms with Crippen molar-refractivity contribution >= 4 is 61.0 Å². The molecule has 454 valence electrons. The number of fused-ring (bicyclic) bond motifs is 4. The fraction of sp³-hybridized carbons (Fsp3) is 0.485. The zero-order valence-electron chi connectivity index (χ0n) is 51.3. The number of aryl methyl sites for hydroxylation is 1. The summed E-state index contributed by atoms with van der Waals surface area (Å²) < 4.78 is 43.3. The second-order valence-electron chi connectivity index (χ2n) is 25.3. The van der Waals surface area contributed by atoms with Crippen LogP contribution in [0.4, 0.5) is 21.0 Å². The Kier molecular flexibility index (Phi) is 18.3. The first kappa shape index (κ1) is 61.9. The number of hydrogen-bond acceptors (Lipinski definition) is 13. The topological polar surface area (TPSA) is 192 Å². The molecule has 5 atom stereocenters. The van der Waals surface area contributed by atoms with Crippen LogP contribution in [-0.4, -0.2) is 125 Å². The van der Waals surface area contributed by atoms with E-state index in [9.17, 15) is 24.0 Å². The van der Waals surface area contributed by atoms with Gasteiger partial charge in [-0.1, -0.05) is 90.6 Å². The Morgan fingerprint density at radius 2 is 1.51 bits per heavy atom. The Morgan fingerprint density at radius 1 is 0.824 bits per heavy atom. The van der Waals surface area contributed by atoms with Crippen LogP contribution in [0.2, 0.25) is 18.1 Å². The number of hydrogen-bond donors (Lipinski definition) is 1. The van der Waals surface area contributed by atoms with Crippen molar-refractivity contribution in [2.45, 2.75) is 143 Å². The number of ether oxygens (including phenoxy) is 6. The van der Waals surface area contributed by atoms with Gasteiger partial charge >= 0.3 is 12.2 Å². The summed E-state index contributed by atoms with van der Waals surface area (Å²) in [5.41, 5.74) is 5.14. The van der Waals surface area contributed by atoms with Crippen molar-refractivity contribution in [3.63, 3.8) is 0 Å². The molecular weight excluding hydrogens is 1100 g/mol. The van der Waals surface area contributed by atoms with Crippen LogP contribution >= 0.6 is 0 Å². The summed E-state index contributed by atoms with van der Waals surface area (Å²) in [6.07, 6.45) is 4.75. The first-order valence-electron chi connectivity index (χ1n) is 29.6. The molecule has 4 aromatic carbocycles. The highest BCUT2D eigenvalue weighted by Crippen LogP contribution is 2.58. The molecule has 1 aliphatic carbocycles. The summed E-state index contributed by atoms with van der Waals surface area (Å²) in [6.45, 7) is 24.7. The first-order chi connectivity index (χ1) is 40.4. The van der Waals surface area contributed by atoms with Gasteiger partial charge < -0.3 is 48.0 Å². The number of benzene rings is 4. The van der Waals surface area contributed by atoms with Gasteiger partial charge in [-0.25, -0.2) is 14.5 Å². The quantitative estimate of drug-likeness (QED) is 0.0471. The summed E-state index contributed by atoms with van der Waals surface area (Å²) >= 11 is 0. The standard InChI is InChI=1S/C66H83N5O13Si/c1-14-25-82-63(76)69-37-48-30-47(46-17-15-18-49(31-46)78-10)36-68(48)60(74)51-32-57(79-11)58(33-52(51)69)81-27-16-26-80-56-34-53-50(28-41(56)4)61(75)70-39-66(23-24-66)35-54(70)62(84-85(12,13)65(7,8)9)71(53)64(77)83-38-45-21-19-44(20-22-45)29-55(72)43(6)67-59(73)42(5)40(2)3/h14-15,17-22,28,31-34,36,40,42-43,48,54,62H,1,16,23-27,29-30,35,37-39H2,2-13H3,(H,67,73)/t42-,43-,48-,54-,62?/m0/s1. The number of ketones is 1. The minimum atomic E-state index is -2.65. The monoisotopic (exact) mass is 1180 g/mol. The molecule has 0 aromatic heterocycles. The average molecular weight is 1180 g/mol. The zero-order valence-corrected chi connectivity index (χ0v) is 52.3. The van der Waals surface area contributed by atoms with E-state index in [0.717, 1.165) is 29.5 Å². The van der Waals surface area contributed by atoms with E-state index in [-0.39, 0.29) is 96.5 Å². The van der Waals surface area contributed by atoms with Crippen molar-refractivity contribution in [3.8, 4) is 23.0 Å². The number of amides is 5. The minimum Gasteiger partial charge on any atom is -0.497 e. The van der Waals surface area contributed by atoms with E-state index in [4.69, 9.17) is 32.8 Å². The Morgan fingerprint density at radius 3 is 2.16 bits per heavy atom. The third-order valence-corrected chi connectivity index (χ3v) is 22.4. The molecule has 85 heavy (non-hydrogen) atoms. The van der Waals surface area contributed by atoms with Gasteiger partial charge in [-0.15, -0.1) is 0 Å². The number of rotatable bonds is 21. The van der Waals surface area contributed by atoms with Gasteiger partial charge in [0.1, 0.15) is 24.7 Å². The van der Waals surface area contributed by atoms with Crippen LogP contribution < -0.4 is 34.1 Å². The molecule has 1 saturated heterocycles. The van der Waals surface area contributed by atoms with E-state index in [1.165, 1.54) is 18.1 Å². The van der Waals surface area contributed by atoms with Gasteiger partial charge in [0.05, 0.1) is 74.6 Å². The molecule has 1 saturated carbocycles. The normalized spacial score (nSPS) is 19.4. The molecule has 0 radical (unpaired) electrons. The lowest BCUT2D eigenvalue weighted by molar-refractivity contribution is -0.130. The molecule has 1 spiro atoms. The maximum Gasteiger partial charge on any atom is 0.416 e. The van der Waals surface area contributed by atoms with Crippen LogP contribution in [0.3, 0.4) is 0 Å². The molecule has 9 rings (SSSR count). The third kappa shape index (κ3) is 13.3. The highest BCUT2D eigenvalue weighted by Gasteiger charge is 2.60. The van der Waals surface area contributed by atoms with Crippen LogP contribution in [0, 0.1) is 24.2 Å². The van der Waals surface area contributed by atoms with Crippen molar-refractivity contribution in [2.75, 3.05) is 56.9 Å². The Labute approximate surface area is 500 Å². The number of carbonyl (C=O) groups is 6. The summed E-state index contributed by atoms with van der Waals surface area (Å²) in [7, 11) is 0.435. The fourth-order valence-corrected chi connectivity index (χ4v) is 12.4. The predicted molar refractivity (Wildman–Crippen MR) is 327 cm³/mol. The predicted octanol–water partition coefficient (Wildman–Crippen LogP) is 11.7. The number of nitrogens with one attached hydrogen (secondary N) is 1. The van der Waals surface area contributed by atoms with E-state index in [1.807, 2.05) is 87.3 Å². The van der Waals surface area contributed by atoms with Crippen LogP contribution in [0.5, 0.6) is 23.0 Å². The average Bonchev–Trinajstić information content (AvgIpc) is 2.18. The molecule has 1 N–H and O–H groups in total. The van der Waals surface area contributed by atoms with E-state index in [2.05, 4.69) is 45.8 Å². The van der Waals surface area contributed by atoms with Gasteiger partial charge in [0.2, 0.25) is 5.91 Å². The van der Waals surface area contributed by atoms with Gasteiger partial charge in [0, 0.05) is 43.6 Å². The van der Waals surface area contributed by atoms with Gasteiger partial charge in [0.15, 0.2) is 31.8 Å². The maximum atomic E-state index is 15.1. The smallest absolute Gasteiger partial charge is 0.416 e. The number of methoxy groups -OCH3 is 2. The van der Waals surface area contributed by atoms with Crippen LogP contribution in [0.15, 0.2) is 91.7 Å². The number of Topliss-reactive ketones (excluding diaryl/α,β-unsaturated/α-hetero) is 1. The van der Waals surface area contributed by atoms with E-state index < -0.39 is 44.9 Å². The van der Waals surface area contributed by atoms with Crippen LogP contribution in [0.1, 0.15) is 124 Å². The maximum absolute atomic E-state index is 15.1. The molecule has 1 unspecified atom stereocenters. The zero-order chi connectivity index (χ0) is 61.3. The summed E-state index contributed by atoms with van der Waals surface area (Å²) in [5.74, 6) is 0.870. The van der Waals surface area contributed by atoms with E-state index in [1.54, 1.807) is 48.1 Å². The minimum absolute atomic E-state index is 0.0304. The molecule has 19 heteroatoms. The van der Waals surface area contributed by atoms with Crippen molar-refractivity contribution in [1.29, 1.82) is 0 Å². The van der Waals surface area contributed by atoms with Crippen molar-refractivity contribution < 1.29 is 61.6 Å². The van der Waals surface area contributed by atoms with Crippen molar-refractivity contribution in [3.05, 3.63) is 125 Å². The highest BCUT2D eigenvalue weighted by atomic mass is 28.4. The van der Waals surface area contributed by atoms with Gasteiger partial charge in [-0.3, -0.25) is 24.1 Å². The molecule has 0 bridgehead atoms. The molecule has 4 aliphatic heterocycles. The summed E-state index contributed by atoms with van der Waals surface area (Å²) in [5, 5.41) is 2.60. The van der Waals surface area contributed by atoms with E-state index in [0.29, 0.717) is 71.1 Å². The second-order valence-corrected chi connectivity index (χ2v) is 30.0. The van der Waals surface area contributed by atoms with Crippen molar-refractivity contribution in [2.24, 2.45) is 17.3 Å². The molecule has 4 heterocycles. The van der Waals surface area contributed by atoms with Gasteiger partial charge in [-0.05, 0) is 121 Å².